The van der Waals surface area contributed by atoms with Crippen LogP contribution in [0.4, 0.5) is 13.6 Å². The maximum atomic E-state index is 13.5. The molecule has 1 unspecified atom stereocenters. The van der Waals surface area contributed by atoms with Gasteiger partial charge in [0.25, 0.3) is 5.91 Å². The van der Waals surface area contributed by atoms with E-state index in [0.29, 0.717) is 61.7 Å². The molecule has 0 spiro atoms. The summed E-state index contributed by atoms with van der Waals surface area (Å²) in [5.74, 6) is -2.87. The Kier molecular flexibility index (Phi) is 7.80. The number of alkyl halides is 2. The first kappa shape index (κ1) is 26.7. The maximum Gasteiger partial charge on any atom is 0.410 e. The fourth-order valence-corrected chi connectivity index (χ4v) is 5.13. The number of benzene rings is 1. The van der Waals surface area contributed by atoms with Crippen LogP contribution in [0.1, 0.15) is 56.8 Å². The largest absolute Gasteiger partial charge is 0.444 e. The van der Waals surface area contributed by atoms with Crippen LogP contribution < -0.4 is 5.32 Å². The first-order chi connectivity index (χ1) is 16.9. The third-order valence-corrected chi connectivity index (χ3v) is 7.07. The molecular formula is C26H34ClF2N3O4. The van der Waals surface area contributed by atoms with Crippen LogP contribution in [0.5, 0.6) is 0 Å². The topological polar surface area (TPSA) is 72.8 Å². The molecule has 2 aromatic rings. The lowest BCUT2D eigenvalue weighted by atomic mass is 9.87. The summed E-state index contributed by atoms with van der Waals surface area (Å²) in [5.41, 5.74) is 0.560. The second kappa shape index (κ2) is 10.5. The van der Waals surface area contributed by atoms with E-state index in [1.807, 2.05) is 37.5 Å². The second-order valence-corrected chi connectivity index (χ2v) is 11.1. The van der Waals surface area contributed by atoms with Gasteiger partial charge in [0.15, 0.2) is 0 Å². The van der Waals surface area contributed by atoms with Crippen molar-refractivity contribution in [3.63, 3.8) is 0 Å². The van der Waals surface area contributed by atoms with E-state index in [9.17, 15) is 18.4 Å². The Morgan fingerprint density at radius 1 is 1.25 bits per heavy atom. The molecule has 2 fully saturated rings. The van der Waals surface area contributed by atoms with Gasteiger partial charge >= 0.3 is 6.09 Å². The number of ether oxygens (including phenoxy) is 2. The lowest BCUT2D eigenvalue weighted by Gasteiger charge is -2.36. The Balaban J connectivity index is 1.52. The van der Waals surface area contributed by atoms with Gasteiger partial charge in [-0.15, -0.1) is 0 Å². The lowest BCUT2D eigenvalue weighted by Crippen LogP contribution is -2.51. The number of aromatic nitrogens is 1. The van der Waals surface area contributed by atoms with E-state index in [1.54, 1.807) is 17.2 Å². The van der Waals surface area contributed by atoms with Gasteiger partial charge in [0.2, 0.25) is 5.92 Å². The van der Waals surface area contributed by atoms with Gasteiger partial charge in [-0.2, -0.15) is 0 Å². The molecule has 1 atom stereocenters. The van der Waals surface area contributed by atoms with Crippen molar-refractivity contribution in [2.75, 3.05) is 26.3 Å². The van der Waals surface area contributed by atoms with Crippen molar-refractivity contribution in [2.24, 2.45) is 5.92 Å². The molecule has 198 valence electrons. The first-order valence-electron chi connectivity index (χ1n) is 12.4. The number of nitrogens with zero attached hydrogens (tertiary/aromatic N) is 2. The molecule has 0 radical (unpaired) electrons. The average Bonchev–Trinajstić information content (AvgIpc) is 3.17. The van der Waals surface area contributed by atoms with Crippen molar-refractivity contribution < 1.29 is 27.8 Å². The predicted octanol–water partition coefficient (Wildman–Crippen LogP) is 5.49. The third kappa shape index (κ3) is 6.29. The van der Waals surface area contributed by atoms with E-state index >= 15 is 0 Å². The first-order valence-corrected chi connectivity index (χ1v) is 12.8. The molecule has 1 aromatic carbocycles. The van der Waals surface area contributed by atoms with E-state index in [2.05, 4.69) is 5.32 Å². The van der Waals surface area contributed by atoms with Crippen molar-refractivity contribution >= 4 is 34.5 Å². The van der Waals surface area contributed by atoms with Crippen molar-refractivity contribution in [2.45, 2.75) is 70.6 Å². The zero-order valence-corrected chi connectivity index (χ0v) is 21.7. The molecular weight excluding hydrogens is 492 g/mol. The Morgan fingerprint density at radius 2 is 1.97 bits per heavy atom. The minimum atomic E-state index is -2.60. The van der Waals surface area contributed by atoms with Gasteiger partial charge in [-0.1, -0.05) is 17.7 Å². The van der Waals surface area contributed by atoms with Crippen LogP contribution in [-0.2, 0) is 16.0 Å². The summed E-state index contributed by atoms with van der Waals surface area (Å²) >= 11 is 6.51. The number of halogens is 3. The zero-order chi connectivity index (χ0) is 26.1. The molecule has 36 heavy (non-hydrogen) atoms. The number of carbonyl (C=O) groups is 2. The number of amides is 2. The summed E-state index contributed by atoms with van der Waals surface area (Å²) in [4.78, 5) is 27.7. The Labute approximate surface area is 215 Å². The third-order valence-electron chi connectivity index (χ3n) is 6.75. The Morgan fingerprint density at radius 3 is 2.67 bits per heavy atom. The van der Waals surface area contributed by atoms with Crippen LogP contribution >= 0.6 is 11.6 Å². The summed E-state index contributed by atoms with van der Waals surface area (Å²) in [6, 6.07) is 5.13. The van der Waals surface area contributed by atoms with Gasteiger partial charge in [-0.05, 0) is 51.7 Å². The number of hydrogen-bond acceptors (Lipinski definition) is 4. The quantitative estimate of drug-likeness (QED) is 0.560. The fourth-order valence-electron chi connectivity index (χ4n) is 4.86. The maximum absolute atomic E-state index is 13.5. The minimum Gasteiger partial charge on any atom is -0.444 e. The van der Waals surface area contributed by atoms with Crippen molar-refractivity contribution in [1.29, 1.82) is 0 Å². The zero-order valence-electron chi connectivity index (χ0n) is 21.0. The average molecular weight is 526 g/mol. The summed E-state index contributed by atoms with van der Waals surface area (Å²) in [6.45, 7) is 7.38. The molecule has 4 rings (SSSR count). The Hall–Kier alpha value is -2.39. The van der Waals surface area contributed by atoms with E-state index < -0.39 is 17.6 Å². The number of morpholine rings is 1. The standard InChI is InChI=1S/C26H34ClF2N3O4/c1-25(2,3)36-24(34)32-11-12-35-16-18(32)14-31-15-19(22-20(27)5-4-6-21(22)31)23(33)30-13-17-7-9-26(28,29)10-8-17/h4-6,15,17-18H,7-14,16H2,1-3H3,(H,30,33). The van der Waals surface area contributed by atoms with Crippen molar-refractivity contribution in [3.8, 4) is 0 Å². The highest BCUT2D eigenvalue weighted by molar-refractivity contribution is 6.36. The van der Waals surface area contributed by atoms with Gasteiger partial charge in [0, 0.05) is 44.1 Å². The number of rotatable bonds is 5. The molecule has 1 saturated carbocycles. The monoisotopic (exact) mass is 525 g/mol. The van der Waals surface area contributed by atoms with Crippen LogP contribution in [0.2, 0.25) is 5.02 Å². The Bertz CT molecular complexity index is 1100. The molecule has 2 heterocycles. The molecule has 0 bridgehead atoms. The molecule has 2 aliphatic rings. The smallest absolute Gasteiger partial charge is 0.410 e. The fraction of sp³-hybridized carbons (Fsp3) is 0.615. The highest BCUT2D eigenvalue weighted by atomic mass is 35.5. The van der Waals surface area contributed by atoms with Gasteiger partial charge in [0.05, 0.1) is 35.4 Å². The summed E-state index contributed by atoms with van der Waals surface area (Å²) in [6.07, 6.45) is 1.83. The molecule has 1 N–H and O–H groups in total. The van der Waals surface area contributed by atoms with E-state index in [-0.39, 0.29) is 30.7 Å². The molecule has 1 saturated heterocycles. The van der Waals surface area contributed by atoms with Gasteiger partial charge in [0.1, 0.15) is 5.60 Å². The van der Waals surface area contributed by atoms with Gasteiger partial charge in [-0.25, -0.2) is 13.6 Å². The minimum absolute atomic E-state index is 0.0270. The number of nitrogens with one attached hydrogen (secondary N) is 1. The molecule has 1 aliphatic carbocycles. The molecule has 1 aromatic heterocycles. The van der Waals surface area contributed by atoms with Crippen LogP contribution in [0.25, 0.3) is 10.9 Å². The normalized spacial score (nSPS) is 20.9. The van der Waals surface area contributed by atoms with Crippen LogP contribution in [0.15, 0.2) is 24.4 Å². The molecule has 10 heteroatoms. The van der Waals surface area contributed by atoms with Gasteiger partial charge < -0.3 is 19.4 Å². The molecule has 1 aliphatic heterocycles. The number of hydrogen-bond donors (Lipinski definition) is 1. The number of fused-ring (bicyclic) bond motifs is 1. The van der Waals surface area contributed by atoms with Crippen molar-refractivity contribution in [3.05, 3.63) is 35.0 Å². The second-order valence-electron chi connectivity index (χ2n) is 10.7. The summed E-state index contributed by atoms with van der Waals surface area (Å²) in [5, 5.41) is 3.98. The van der Waals surface area contributed by atoms with Crippen LogP contribution in [0, 0.1) is 5.92 Å². The lowest BCUT2D eigenvalue weighted by molar-refractivity contribution is -0.0452. The van der Waals surface area contributed by atoms with Crippen molar-refractivity contribution in [1.82, 2.24) is 14.8 Å². The van der Waals surface area contributed by atoms with E-state index in [0.717, 1.165) is 5.52 Å². The van der Waals surface area contributed by atoms with E-state index in [4.69, 9.17) is 21.1 Å². The number of carbonyl (C=O) groups excluding carboxylic acids is 2. The van der Waals surface area contributed by atoms with Crippen LogP contribution in [0.3, 0.4) is 0 Å². The van der Waals surface area contributed by atoms with E-state index in [1.165, 1.54) is 0 Å². The molecule has 2 amide bonds. The SMILES string of the molecule is CC(C)(C)OC(=O)N1CCOCC1Cn1cc(C(=O)NCC2CCC(F)(F)CC2)c2c(Cl)cccc21. The predicted molar refractivity (Wildman–Crippen MR) is 134 cm³/mol. The van der Waals surface area contributed by atoms with Crippen LogP contribution in [-0.4, -0.2) is 65.3 Å². The summed E-state index contributed by atoms with van der Waals surface area (Å²) < 4.78 is 40.1. The van der Waals surface area contributed by atoms with Gasteiger partial charge in [-0.3, -0.25) is 9.69 Å². The highest BCUT2D eigenvalue weighted by Gasteiger charge is 2.35. The highest BCUT2D eigenvalue weighted by Crippen LogP contribution is 2.36. The molecule has 7 nitrogen and oxygen atoms in total. The summed E-state index contributed by atoms with van der Waals surface area (Å²) in [7, 11) is 0.